The minimum absolute atomic E-state index is 0.235. The molecule has 1 atom stereocenters. The summed E-state index contributed by atoms with van der Waals surface area (Å²) in [6.45, 7) is 0. The lowest BCUT2D eigenvalue weighted by atomic mass is 9.93. The maximum Gasteiger partial charge on any atom is 0.346 e. The largest absolute Gasteiger partial charge is 0.497 e. The van der Waals surface area contributed by atoms with Crippen LogP contribution >= 0.6 is 0 Å². The van der Waals surface area contributed by atoms with Crippen LogP contribution in [0.3, 0.4) is 0 Å². The number of pyridine rings is 1. The van der Waals surface area contributed by atoms with E-state index in [9.17, 15) is 19.2 Å². The minimum atomic E-state index is -1.20. The molecule has 34 heavy (non-hydrogen) atoms. The first kappa shape index (κ1) is 23.2. The molecule has 10 nitrogen and oxygen atoms in total. The summed E-state index contributed by atoms with van der Waals surface area (Å²) in [5.74, 6) is -0.947. The van der Waals surface area contributed by atoms with E-state index in [2.05, 4.69) is 15.7 Å². The van der Waals surface area contributed by atoms with Crippen LogP contribution in [0.2, 0.25) is 0 Å². The summed E-state index contributed by atoms with van der Waals surface area (Å²) in [4.78, 5) is 57.6. The zero-order valence-corrected chi connectivity index (χ0v) is 18.9. The van der Waals surface area contributed by atoms with E-state index in [-0.39, 0.29) is 18.0 Å². The van der Waals surface area contributed by atoms with Gasteiger partial charge in [0.15, 0.2) is 0 Å². The molecule has 2 aromatic rings. The summed E-state index contributed by atoms with van der Waals surface area (Å²) in [5, 5.41) is 3.70. The average Bonchev–Trinajstić information content (AvgIpc) is 2.87. The third-order valence-electron chi connectivity index (χ3n) is 6.13. The molecule has 1 aromatic carbocycles. The SMILES string of the molecule is COc1ccc(NC(=O)C2CC(=O)N(C3CCCCC3)C(=O)N2NC(=O)c2ccncc2)cc1. The number of anilines is 1. The number of benzene rings is 1. The van der Waals surface area contributed by atoms with Gasteiger partial charge in [-0.25, -0.2) is 9.80 Å². The van der Waals surface area contributed by atoms with Gasteiger partial charge in [0.1, 0.15) is 11.8 Å². The second-order valence-electron chi connectivity index (χ2n) is 8.32. The van der Waals surface area contributed by atoms with E-state index in [0.29, 0.717) is 24.3 Å². The van der Waals surface area contributed by atoms with Crippen molar-refractivity contribution >= 4 is 29.4 Å². The number of urea groups is 1. The second kappa shape index (κ2) is 10.3. The lowest BCUT2D eigenvalue weighted by Crippen LogP contribution is -2.67. The zero-order valence-electron chi connectivity index (χ0n) is 18.9. The number of hydrogen-bond donors (Lipinski definition) is 2. The summed E-state index contributed by atoms with van der Waals surface area (Å²) in [6, 6.07) is 7.53. The van der Waals surface area contributed by atoms with Crippen molar-refractivity contribution in [2.45, 2.75) is 50.6 Å². The summed E-state index contributed by atoms with van der Waals surface area (Å²) < 4.78 is 5.12. The zero-order chi connectivity index (χ0) is 24.1. The van der Waals surface area contributed by atoms with E-state index in [1.165, 1.54) is 36.5 Å². The van der Waals surface area contributed by atoms with Gasteiger partial charge in [-0.3, -0.25) is 29.7 Å². The number of aromatic nitrogens is 1. The number of rotatable bonds is 6. The number of hydrazine groups is 1. The molecule has 1 unspecified atom stereocenters. The van der Waals surface area contributed by atoms with Crippen LogP contribution in [0.25, 0.3) is 0 Å². The van der Waals surface area contributed by atoms with Gasteiger partial charge in [-0.2, -0.15) is 0 Å². The van der Waals surface area contributed by atoms with Crippen LogP contribution in [-0.2, 0) is 9.59 Å². The van der Waals surface area contributed by atoms with Crippen LogP contribution in [0.15, 0.2) is 48.8 Å². The monoisotopic (exact) mass is 465 g/mol. The van der Waals surface area contributed by atoms with Crippen molar-refractivity contribution in [3.63, 3.8) is 0 Å². The van der Waals surface area contributed by atoms with Gasteiger partial charge < -0.3 is 10.1 Å². The maximum absolute atomic E-state index is 13.5. The predicted molar refractivity (Wildman–Crippen MR) is 123 cm³/mol. The smallest absolute Gasteiger partial charge is 0.346 e. The van der Waals surface area contributed by atoms with E-state index in [1.807, 2.05) is 0 Å². The molecule has 4 rings (SSSR count). The highest BCUT2D eigenvalue weighted by atomic mass is 16.5. The van der Waals surface area contributed by atoms with Crippen LogP contribution in [-0.4, -0.2) is 57.8 Å². The molecule has 1 aromatic heterocycles. The fraction of sp³-hybridized carbons (Fsp3) is 0.375. The first-order chi connectivity index (χ1) is 16.5. The second-order valence-corrected chi connectivity index (χ2v) is 8.32. The lowest BCUT2D eigenvalue weighted by molar-refractivity contribution is -0.140. The van der Waals surface area contributed by atoms with E-state index in [4.69, 9.17) is 4.74 Å². The van der Waals surface area contributed by atoms with E-state index < -0.39 is 29.8 Å². The number of amides is 5. The van der Waals surface area contributed by atoms with Crippen molar-refractivity contribution in [2.75, 3.05) is 12.4 Å². The van der Waals surface area contributed by atoms with Gasteiger partial charge in [-0.15, -0.1) is 0 Å². The number of imide groups is 1. The topological polar surface area (TPSA) is 121 Å². The maximum atomic E-state index is 13.5. The number of nitrogens with one attached hydrogen (secondary N) is 2. The van der Waals surface area contributed by atoms with E-state index >= 15 is 0 Å². The molecule has 1 aliphatic heterocycles. The first-order valence-corrected chi connectivity index (χ1v) is 11.3. The molecule has 2 fully saturated rings. The number of methoxy groups -OCH3 is 1. The Kier molecular flexibility index (Phi) is 7.05. The molecule has 0 spiro atoms. The summed E-state index contributed by atoms with van der Waals surface area (Å²) in [7, 11) is 1.54. The summed E-state index contributed by atoms with van der Waals surface area (Å²) >= 11 is 0. The molecule has 2 N–H and O–H groups in total. The molecule has 1 saturated carbocycles. The molecule has 0 bridgehead atoms. The lowest BCUT2D eigenvalue weighted by Gasteiger charge is -2.43. The fourth-order valence-electron chi connectivity index (χ4n) is 4.32. The Hall–Kier alpha value is -3.95. The van der Waals surface area contributed by atoms with Crippen LogP contribution in [0, 0.1) is 0 Å². The Morgan fingerprint density at radius 1 is 1.00 bits per heavy atom. The van der Waals surface area contributed by atoms with Crippen LogP contribution in [0.4, 0.5) is 10.5 Å². The minimum Gasteiger partial charge on any atom is -0.497 e. The molecule has 5 amide bonds. The van der Waals surface area contributed by atoms with Gasteiger partial charge in [-0.1, -0.05) is 19.3 Å². The third kappa shape index (κ3) is 5.00. The molecule has 10 heteroatoms. The Morgan fingerprint density at radius 2 is 1.68 bits per heavy atom. The number of carbonyl (C=O) groups is 4. The van der Waals surface area contributed by atoms with Gasteiger partial charge >= 0.3 is 6.03 Å². The molecule has 1 saturated heterocycles. The van der Waals surface area contributed by atoms with Gasteiger partial charge in [-0.05, 0) is 49.2 Å². The van der Waals surface area contributed by atoms with Crippen LogP contribution < -0.4 is 15.5 Å². The average molecular weight is 466 g/mol. The number of carbonyl (C=O) groups excluding carboxylic acids is 4. The fourth-order valence-corrected chi connectivity index (χ4v) is 4.32. The Morgan fingerprint density at radius 3 is 2.32 bits per heavy atom. The molecule has 2 heterocycles. The molecule has 1 aliphatic carbocycles. The summed E-state index contributed by atoms with van der Waals surface area (Å²) in [6.07, 6.45) is 7.01. The van der Waals surface area contributed by atoms with Crippen LogP contribution in [0.1, 0.15) is 48.9 Å². The van der Waals surface area contributed by atoms with Gasteiger partial charge in [0, 0.05) is 29.7 Å². The Balaban J connectivity index is 1.58. The van der Waals surface area contributed by atoms with E-state index in [1.54, 1.807) is 24.3 Å². The normalized spacial score (nSPS) is 19.0. The number of hydrogen-bond acceptors (Lipinski definition) is 6. The predicted octanol–water partition coefficient (Wildman–Crippen LogP) is 2.73. The standard InChI is InChI=1S/C24H27N5O5/c1-34-19-9-7-17(8-10-19)26-23(32)20-15-21(30)28(18-5-3-2-4-6-18)24(33)29(20)27-22(31)16-11-13-25-14-12-16/h7-14,18,20H,2-6,15H2,1H3,(H,26,32)(H,27,31). The molecule has 178 valence electrons. The van der Waals surface area contributed by atoms with Gasteiger partial charge in [0.2, 0.25) is 11.8 Å². The summed E-state index contributed by atoms with van der Waals surface area (Å²) in [5.41, 5.74) is 3.30. The first-order valence-electron chi connectivity index (χ1n) is 11.3. The van der Waals surface area contributed by atoms with Gasteiger partial charge in [0.05, 0.1) is 13.5 Å². The highest BCUT2D eigenvalue weighted by molar-refractivity contribution is 6.07. The quantitative estimate of drug-likeness (QED) is 0.677. The molecule has 2 aliphatic rings. The molecule has 0 radical (unpaired) electrons. The van der Waals surface area contributed by atoms with Crippen molar-refractivity contribution in [3.8, 4) is 5.75 Å². The molecular weight excluding hydrogens is 438 g/mol. The highest BCUT2D eigenvalue weighted by Crippen LogP contribution is 2.28. The van der Waals surface area contributed by atoms with Crippen molar-refractivity contribution in [1.29, 1.82) is 0 Å². The molecular formula is C24H27N5O5. The number of nitrogens with zero attached hydrogens (tertiary/aromatic N) is 3. The third-order valence-corrected chi connectivity index (χ3v) is 6.13. The van der Waals surface area contributed by atoms with Crippen molar-refractivity contribution in [2.24, 2.45) is 0 Å². The van der Waals surface area contributed by atoms with Crippen molar-refractivity contribution in [1.82, 2.24) is 20.3 Å². The van der Waals surface area contributed by atoms with Crippen molar-refractivity contribution in [3.05, 3.63) is 54.4 Å². The Bertz CT molecular complexity index is 1050. The Labute approximate surface area is 197 Å². The number of ether oxygens (including phenoxy) is 1. The van der Waals surface area contributed by atoms with Crippen LogP contribution in [0.5, 0.6) is 5.75 Å². The highest BCUT2D eigenvalue weighted by Gasteiger charge is 2.46. The van der Waals surface area contributed by atoms with E-state index in [0.717, 1.165) is 24.3 Å². The van der Waals surface area contributed by atoms with Crippen molar-refractivity contribution < 1.29 is 23.9 Å². The van der Waals surface area contributed by atoms with Gasteiger partial charge in [0.25, 0.3) is 5.91 Å².